The van der Waals surface area contributed by atoms with Gasteiger partial charge in [0.05, 0.1) is 6.61 Å². The van der Waals surface area contributed by atoms with Crippen LogP contribution in [0.4, 0.5) is 0 Å². The van der Waals surface area contributed by atoms with Crippen molar-refractivity contribution in [2.75, 3.05) is 6.61 Å². The second-order valence-corrected chi connectivity index (χ2v) is 3.88. The molecule has 0 bridgehead atoms. The van der Waals surface area contributed by atoms with Gasteiger partial charge >= 0.3 is 5.97 Å². The van der Waals surface area contributed by atoms with E-state index >= 15 is 0 Å². The van der Waals surface area contributed by atoms with E-state index in [1.807, 2.05) is 0 Å². The van der Waals surface area contributed by atoms with Crippen LogP contribution in [0.25, 0.3) is 0 Å². The summed E-state index contributed by atoms with van der Waals surface area (Å²) in [4.78, 5) is 31.3. The lowest BCUT2D eigenvalue weighted by molar-refractivity contribution is -0.343. The summed E-state index contributed by atoms with van der Waals surface area (Å²) in [6.45, 7) is -0.886. The van der Waals surface area contributed by atoms with Gasteiger partial charge in [-0.3, -0.25) is 0 Å². The summed E-state index contributed by atoms with van der Waals surface area (Å²) in [6.07, 6.45) is -3.48. The van der Waals surface area contributed by atoms with E-state index in [0.29, 0.717) is 0 Å². The van der Waals surface area contributed by atoms with Crippen LogP contribution in [0.15, 0.2) is 11.5 Å². The number of rotatable bonds is 4. The molecule has 0 fully saturated rings. The highest BCUT2D eigenvalue weighted by molar-refractivity contribution is 7.43. The molecule has 0 saturated carbocycles. The van der Waals surface area contributed by atoms with Crippen LogP contribution in [0.1, 0.15) is 0 Å². The van der Waals surface area contributed by atoms with Gasteiger partial charge in [-0.1, -0.05) is 0 Å². The number of esters is 1. The normalized spacial score (nSPS) is 19.6. The van der Waals surface area contributed by atoms with Gasteiger partial charge in [0.15, 0.2) is 0 Å². The first-order chi connectivity index (χ1) is 7.26. The first-order valence-electron chi connectivity index (χ1n) is 3.89. The number of aliphatic hydroxyl groups is 2. The summed E-state index contributed by atoms with van der Waals surface area (Å²) in [5.41, 5.74) is 0. The number of phosphoric ester groups is 1. The van der Waals surface area contributed by atoms with Gasteiger partial charge in [-0.2, -0.15) is 0 Å². The fourth-order valence-electron chi connectivity index (χ4n) is 0.995. The lowest BCUT2D eigenvalue weighted by Crippen LogP contribution is -2.35. The van der Waals surface area contributed by atoms with E-state index in [4.69, 9.17) is 10.2 Å². The van der Waals surface area contributed by atoms with Crippen molar-refractivity contribution < 1.29 is 43.7 Å². The average Bonchev–Trinajstić information content (AvgIpc) is 2.42. The van der Waals surface area contributed by atoms with Crippen molar-refractivity contribution in [3.63, 3.8) is 0 Å². The molecule has 0 saturated heterocycles. The molecule has 0 aromatic heterocycles. The van der Waals surface area contributed by atoms with Crippen molar-refractivity contribution in [1.29, 1.82) is 0 Å². The minimum Gasteiger partial charge on any atom is -0.870 e. The molecular formula is C6H18N3O9P. The molecule has 116 valence electrons. The smallest absolute Gasteiger partial charge is 0.373 e. The van der Waals surface area contributed by atoms with Gasteiger partial charge in [0, 0.05) is 0 Å². The third-order valence-electron chi connectivity index (χ3n) is 1.64. The number of quaternary nitrogens is 3. The van der Waals surface area contributed by atoms with Gasteiger partial charge in [0.25, 0.3) is 0 Å². The number of aliphatic hydroxyl groups excluding tert-OH is 2. The van der Waals surface area contributed by atoms with Crippen LogP contribution in [0, 0.1) is 0 Å². The lowest BCUT2D eigenvalue weighted by atomic mass is 10.2. The maximum Gasteiger partial charge on any atom is 0.373 e. The number of hydrogen-bond acceptors (Lipinski definition) is 9. The first kappa shape index (κ1) is 22.9. The minimum atomic E-state index is -5.56. The highest BCUT2D eigenvalue weighted by Crippen LogP contribution is 2.34. The van der Waals surface area contributed by atoms with Crippen LogP contribution < -0.4 is 33.3 Å². The Labute approximate surface area is 107 Å². The van der Waals surface area contributed by atoms with Crippen molar-refractivity contribution in [3.8, 4) is 0 Å². The quantitative estimate of drug-likeness (QED) is 0.258. The van der Waals surface area contributed by atoms with Crippen molar-refractivity contribution in [2.24, 2.45) is 0 Å². The van der Waals surface area contributed by atoms with Crippen molar-refractivity contribution >= 4 is 13.8 Å². The second-order valence-electron chi connectivity index (χ2n) is 2.81. The Morgan fingerprint density at radius 3 is 2.21 bits per heavy atom. The Balaban J connectivity index is -0.000000853. The summed E-state index contributed by atoms with van der Waals surface area (Å²) in [5.74, 6) is -4.10. The zero-order chi connectivity index (χ0) is 12.5. The van der Waals surface area contributed by atoms with Crippen LogP contribution in [0.2, 0.25) is 0 Å². The fraction of sp³-hybridized carbons (Fsp3) is 0.500. The highest BCUT2D eigenvalue weighted by atomic mass is 31.2. The van der Waals surface area contributed by atoms with Crippen LogP contribution in [0.3, 0.4) is 0 Å². The summed E-state index contributed by atoms with van der Waals surface area (Å²) >= 11 is 0. The molecule has 0 aliphatic carbocycles. The van der Waals surface area contributed by atoms with Crippen molar-refractivity contribution in [3.05, 3.63) is 11.5 Å². The zero-order valence-electron chi connectivity index (χ0n) is 10.6. The molecule has 12 nitrogen and oxygen atoms in total. The Hall–Kier alpha value is -1.24. The molecule has 19 heavy (non-hydrogen) atoms. The number of ether oxygens (including phenoxy) is 1. The Morgan fingerprint density at radius 1 is 1.37 bits per heavy atom. The van der Waals surface area contributed by atoms with Crippen LogP contribution >= 0.6 is 7.82 Å². The third kappa shape index (κ3) is 5.50. The number of carbonyl (C=O) groups excluding carboxylic acids is 1. The number of cyclic esters (lactones) is 1. The minimum absolute atomic E-state index is 0. The SMILES string of the molecule is O=C1O[C@H]([C@@H](O)CO)C([O-])=C1OP(=O)([O-])[O-].[NH4+].[NH4+].[NH4+]. The van der Waals surface area contributed by atoms with Crippen LogP contribution in [0.5, 0.6) is 0 Å². The molecular weight excluding hydrogens is 289 g/mol. The van der Waals surface area contributed by atoms with E-state index in [-0.39, 0.29) is 18.5 Å². The van der Waals surface area contributed by atoms with Gasteiger partial charge in [0.2, 0.25) is 5.76 Å². The standard InChI is InChI=1S/C6H9O9P.3H3N/c7-1-2(8)4-3(9)5(6(10)14-4)15-16(11,12)13;;;/h2,4,7-9H,1H2,(H2,11,12,13);3*1H3/t2-,4+;;;/m0.../s1. The average molecular weight is 307 g/mol. The van der Waals surface area contributed by atoms with Gasteiger partial charge in [-0.25, -0.2) is 4.79 Å². The Kier molecular flexibility index (Phi) is 9.69. The summed E-state index contributed by atoms with van der Waals surface area (Å²) in [5, 5.41) is 28.7. The molecule has 1 aliphatic rings. The van der Waals surface area contributed by atoms with Gasteiger partial charge in [-0.05, 0) is 5.76 Å². The molecule has 0 aromatic rings. The molecule has 2 atom stereocenters. The summed E-state index contributed by atoms with van der Waals surface area (Å²) < 4.78 is 18.0. The molecule has 0 unspecified atom stereocenters. The largest absolute Gasteiger partial charge is 0.870 e. The summed E-state index contributed by atoms with van der Waals surface area (Å²) in [7, 11) is -5.56. The zero-order valence-corrected chi connectivity index (χ0v) is 11.5. The maximum atomic E-state index is 11.2. The van der Waals surface area contributed by atoms with E-state index in [1.165, 1.54) is 0 Å². The number of phosphoric acid groups is 1. The number of hydrogen-bond donors (Lipinski definition) is 5. The van der Waals surface area contributed by atoms with Crippen molar-refractivity contribution in [2.45, 2.75) is 12.2 Å². The predicted octanol–water partition coefficient (Wildman–Crippen LogP) is -3.19. The Morgan fingerprint density at radius 2 is 1.84 bits per heavy atom. The highest BCUT2D eigenvalue weighted by Gasteiger charge is 2.35. The van der Waals surface area contributed by atoms with E-state index in [2.05, 4.69) is 9.26 Å². The molecule has 13 heteroatoms. The van der Waals surface area contributed by atoms with Crippen LogP contribution in [-0.4, -0.2) is 35.0 Å². The van der Waals surface area contributed by atoms with E-state index < -0.39 is 44.1 Å². The fourth-order valence-corrected chi connectivity index (χ4v) is 1.38. The second kappa shape index (κ2) is 8.04. The van der Waals surface area contributed by atoms with E-state index in [1.54, 1.807) is 0 Å². The van der Waals surface area contributed by atoms with Gasteiger partial charge in [-0.15, -0.1) is 0 Å². The molecule has 1 aliphatic heterocycles. The van der Waals surface area contributed by atoms with Crippen molar-refractivity contribution in [1.82, 2.24) is 18.5 Å². The van der Waals surface area contributed by atoms with Gasteiger partial charge < -0.3 is 57.4 Å². The predicted molar refractivity (Wildman–Crippen MR) is 56.6 cm³/mol. The molecule has 1 rings (SSSR count). The molecule has 0 spiro atoms. The first-order valence-corrected chi connectivity index (χ1v) is 5.35. The Bertz CT molecular complexity index is 380. The molecule has 1 heterocycles. The molecule has 14 N–H and O–H groups in total. The number of carbonyl (C=O) groups is 1. The molecule has 0 aromatic carbocycles. The van der Waals surface area contributed by atoms with Crippen LogP contribution in [-0.2, 0) is 18.6 Å². The maximum absolute atomic E-state index is 11.2. The van der Waals surface area contributed by atoms with Gasteiger partial charge in [0.1, 0.15) is 20.0 Å². The molecule has 0 amide bonds. The topological polar surface area (TPSA) is 272 Å². The van der Waals surface area contributed by atoms with E-state index in [9.17, 15) is 24.3 Å². The third-order valence-corrected chi connectivity index (χ3v) is 2.05. The summed E-state index contributed by atoms with van der Waals surface area (Å²) in [6, 6.07) is 0. The van der Waals surface area contributed by atoms with E-state index in [0.717, 1.165) is 0 Å². The lowest BCUT2D eigenvalue weighted by Gasteiger charge is -2.29. The molecule has 0 radical (unpaired) electrons. The monoisotopic (exact) mass is 307 g/mol.